The maximum absolute atomic E-state index is 12.6. The van der Waals surface area contributed by atoms with Crippen LogP contribution in [-0.2, 0) is 17.8 Å². The van der Waals surface area contributed by atoms with E-state index in [9.17, 15) is 4.79 Å². The lowest BCUT2D eigenvalue weighted by atomic mass is 10.3. The highest BCUT2D eigenvalue weighted by atomic mass is 127. The second-order valence-corrected chi connectivity index (χ2v) is 8.26. The van der Waals surface area contributed by atoms with E-state index in [1.165, 1.54) is 9.75 Å². The Balaban J connectivity index is 0.00000341. The Morgan fingerprint density at radius 3 is 2.45 bits per heavy atom. The lowest BCUT2D eigenvalue weighted by Gasteiger charge is -2.34. The smallest absolute Gasteiger partial charge is 0.225 e. The minimum absolute atomic E-state index is 0. The van der Waals surface area contributed by atoms with Gasteiger partial charge in [0.15, 0.2) is 5.96 Å². The summed E-state index contributed by atoms with van der Waals surface area (Å²) in [6.07, 6.45) is 5.00. The Bertz CT molecular complexity index is 822. The minimum Gasteiger partial charge on any atom is -0.357 e. The summed E-state index contributed by atoms with van der Waals surface area (Å²) in [7, 11) is 0. The molecule has 2 aromatic heterocycles. The van der Waals surface area contributed by atoms with Crippen molar-refractivity contribution in [3.63, 3.8) is 0 Å². The number of rotatable bonds is 8. The van der Waals surface area contributed by atoms with Crippen LogP contribution >= 0.6 is 35.3 Å². The molecule has 0 unspecified atom stereocenters. The van der Waals surface area contributed by atoms with Gasteiger partial charge in [-0.3, -0.25) is 4.79 Å². The summed E-state index contributed by atoms with van der Waals surface area (Å²) in [4.78, 5) is 32.5. The Labute approximate surface area is 205 Å². The molecule has 8 nitrogen and oxygen atoms in total. The molecule has 0 aliphatic carbocycles. The zero-order chi connectivity index (χ0) is 21.2. The molecule has 1 fully saturated rings. The van der Waals surface area contributed by atoms with E-state index >= 15 is 0 Å². The SMILES string of the molecule is CCNC(=NCc1ccc(CC)s1)NCCC(=O)N1CCN(c2ncccn2)CC1.I. The predicted molar refractivity (Wildman–Crippen MR) is 137 cm³/mol. The van der Waals surface area contributed by atoms with E-state index < -0.39 is 0 Å². The van der Waals surface area contributed by atoms with Gasteiger partial charge in [0.2, 0.25) is 11.9 Å². The molecule has 1 saturated heterocycles. The Hall–Kier alpha value is -1.95. The van der Waals surface area contributed by atoms with Crippen LogP contribution < -0.4 is 15.5 Å². The zero-order valence-electron chi connectivity index (χ0n) is 18.2. The average Bonchev–Trinajstić information content (AvgIpc) is 3.26. The molecule has 0 aromatic carbocycles. The molecule has 0 radical (unpaired) electrons. The van der Waals surface area contributed by atoms with Gasteiger partial charge in [-0.15, -0.1) is 35.3 Å². The first-order chi connectivity index (χ1) is 14.7. The fourth-order valence-corrected chi connectivity index (χ4v) is 4.13. The first-order valence-electron chi connectivity index (χ1n) is 10.6. The highest BCUT2D eigenvalue weighted by Crippen LogP contribution is 2.17. The summed E-state index contributed by atoms with van der Waals surface area (Å²) >= 11 is 1.80. The number of carbonyl (C=O) groups is 1. The molecule has 3 rings (SSSR count). The molecule has 1 amide bonds. The van der Waals surface area contributed by atoms with Gasteiger partial charge in [-0.1, -0.05) is 6.92 Å². The first-order valence-corrected chi connectivity index (χ1v) is 11.4. The summed E-state index contributed by atoms with van der Waals surface area (Å²) in [5.41, 5.74) is 0. The Morgan fingerprint density at radius 2 is 1.81 bits per heavy atom. The van der Waals surface area contributed by atoms with Crippen molar-refractivity contribution >= 4 is 53.1 Å². The van der Waals surface area contributed by atoms with E-state index in [2.05, 4.69) is 49.6 Å². The van der Waals surface area contributed by atoms with Gasteiger partial charge in [0.1, 0.15) is 0 Å². The second kappa shape index (κ2) is 13.5. The van der Waals surface area contributed by atoms with Crippen molar-refractivity contribution in [1.29, 1.82) is 0 Å². The van der Waals surface area contributed by atoms with Gasteiger partial charge >= 0.3 is 0 Å². The number of thiophene rings is 1. The van der Waals surface area contributed by atoms with Crippen molar-refractivity contribution in [3.8, 4) is 0 Å². The van der Waals surface area contributed by atoms with Crippen LogP contribution in [0.2, 0.25) is 0 Å². The maximum atomic E-state index is 12.6. The number of aryl methyl sites for hydroxylation is 1. The Kier molecular flexibility index (Phi) is 11.0. The average molecular weight is 558 g/mol. The van der Waals surface area contributed by atoms with Gasteiger partial charge in [0.05, 0.1) is 6.54 Å². The van der Waals surface area contributed by atoms with Crippen molar-refractivity contribution in [1.82, 2.24) is 25.5 Å². The van der Waals surface area contributed by atoms with Crippen molar-refractivity contribution in [2.75, 3.05) is 44.2 Å². The molecule has 31 heavy (non-hydrogen) atoms. The number of hydrogen-bond acceptors (Lipinski definition) is 6. The van der Waals surface area contributed by atoms with Crippen molar-refractivity contribution in [3.05, 3.63) is 40.3 Å². The highest BCUT2D eigenvalue weighted by molar-refractivity contribution is 14.0. The van der Waals surface area contributed by atoms with Crippen molar-refractivity contribution in [2.45, 2.75) is 33.2 Å². The number of nitrogens with one attached hydrogen (secondary N) is 2. The summed E-state index contributed by atoms with van der Waals surface area (Å²) in [6, 6.07) is 6.11. The molecule has 3 heterocycles. The molecule has 1 aliphatic heterocycles. The third-order valence-electron chi connectivity index (χ3n) is 4.90. The van der Waals surface area contributed by atoms with Crippen LogP contribution in [0.4, 0.5) is 5.95 Å². The summed E-state index contributed by atoms with van der Waals surface area (Å²) in [6.45, 7) is 9.12. The number of piperazine rings is 1. The van der Waals surface area contributed by atoms with E-state index in [0.29, 0.717) is 32.6 Å². The number of nitrogens with zero attached hydrogens (tertiary/aromatic N) is 5. The van der Waals surface area contributed by atoms with Gasteiger partial charge < -0.3 is 20.4 Å². The lowest BCUT2D eigenvalue weighted by molar-refractivity contribution is -0.131. The monoisotopic (exact) mass is 557 g/mol. The third-order valence-corrected chi connectivity index (χ3v) is 6.12. The normalized spacial score (nSPS) is 14.2. The van der Waals surface area contributed by atoms with Gasteiger partial charge in [0, 0.05) is 67.8 Å². The van der Waals surface area contributed by atoms with Crippen LogP contribution in [0.1, 0.15) is 30.0 Å². The van der Waals surface area contributed by atoms with Crippen molar-refractivity contribution in [2.24, 2.45) is 4.99 Å². The van der Waals surface area contributed by atoms with Gasteiger partial charge in [-0.2, -0.15) is 0 Å². The molecule has 0 saturated carbocycles. The number of aliphatic imine (C=N–C) groups is 1. The number of hydrogen-bond donors (Lipinski definition) is 2. The van der Waals surface area contributed by atoms with Gasteiger partial charge in [-0.05, 0) is 31.5 Å². The molecule has 0 bridgehead atoms. The Morgan fingerprint density at radius 1 is 1.10 bits per heavy atom. The number of anilines is 1. The largest absolute Gasteiger partial charge is 0.357 e. The van der Waals surface area contributed by atoms with Gasteiger partial charge in [0.25, 0.3) is 0 Å². The fraction of sp³-hybridized carbons (Fsp3) is 0.524. The molecule has 10 heteroatoms. The summed E-state index contributed by atoms with van der Waals surface area (Å²) < 4.78 is 0. The quantitative estimate of drug-likeness (QED) is 0.295. The van der Waals surface area contributed by atoms with E-state index in [-0.39, 0.29) is 29.9 Å². The fourth-order valence-electron chi connectivity index (χ4n) is 3.25. The maximum Gasteiger partial charge on any atom is 0.225 e. The summed E-state index contributed by atoms with van der Waals surface area (Å²) in [5.74, 6) is 1.65. The molecule has 170 valence electrons. The third kappa shape index (κ3) is 7.91. The molecule has 2 N–H and O–H groups in total. The minimum atomic E-state index is 0. The number of amides is 1. The molecular formula is C21H32IN7OS. The zero-order valence-corrected chi connectivity index (χ0v) is 21.4. The van der Waals surface area contributed by atoms with Gasteiger partial charge in [-0.25, -0.2) is 15.0 Å². The number of carbonyl (C=O) groups excluding carboxylic acids is 1. The number of halogens is 1. The number of aromatic nitrogens is 2. The van der Waals surface area contributed by atoms with Crippen LogP contribution in [0.15, 0.2) is 35.6 Å². The van der Waals surface area contributed by atoms with Crippen molar-refractivity contribution < 1.29 is 4.79 Å². The first kappa shape index (κ1) is 25.3. The molecular weight excluding hydrogens is 525 g/mol. The lowest BCUT2D eigenvalue weighted by Crippen LogP contribution is -2.50. The van der Waals surface area contributed by atoms with E-state index in [1.807, 2.05) is 17.9 Å². The van der Waals surface area contributed by atoms with E-state index in [1.54, 1.807) is 23.7 Å². The topological polar surface area (TPSA) is 85.8 Å². The number of guanidine groups is 1. The molecule has 0 spiro atoms. The highest BCUT2D eigenvalue weighted by Gasteiger charge is 2.22. The van der Waals surface area contributed by atoms with Crippen LogP contribution in [0.25, 0.3) is 0 Å². The second-order valence-electron chi connectivity index (χ2n) is 7.01. The van der Waals surface area contributed by atoms with E-state index in [4.69, 9.17) is 0 Å². The van der Waals surface area contributed by atoms with Crippen LogP contribution in [0.3, 0.4) is 0 Å². The molecule has 0 atom stereocenters. The van der Waals surface area contributed by atoms with Crippen LogP contribution in [-0.4, -0.2) is 66.0 Å². The van der Waals surface area contributed by atoms with Crippen LogP contribution in [0.5, 0.6) is 0 Å². The summed E-state index contributed by atoms with van der Waals surface area (Å²) in [5, 5.41) is 6.53. The van der Waals surface area contributed by atoms with Crippen LogP contribution in [0, 0.1) is 0 Å². The molecule has 2 aromatic rings. The molecule has 1 aliphatic rings. The standard InChI is InChI=1S/C21H31N7OS.HI/c1-3-17-6-7-18(30-17)16-26-20(22-4-2)23-11-8-19(29)27-12-14-28(15-13-27)21-24-9-5-10-25-21;/h5-7,9-10H,3-4,8,11-16H2,1-2H3,(H2,22,23,26);1H. The predicted octanol–water partition coefficient (Wildman–Crippen LogP) is 2.51. The van der Waals surface area contributed by atoms with E-state index in [0.717, 1.165) is 38.0 Å².